The highest BCUT2D eigenvalue weighted by molar-refractivity contribution is 5.82. The van der Waals surface area contributed by atoms with Gasteiger partial charge >= 0.3 is 0 Å². The van der Waals surface area contributed by atoms with Crippen LogP contribution in [0.3, 0.4) is 0 Å². The molecule has 196 valence electrons. The minimum absolute atomic E-state index is 0.259. The summed E-state index contributed by atoms with van der Waals surface area (Å²) in [7, 11) is 0. The third-order valence-corrected chi connectivity index (χ3v) is 8.43. The average Bonchev–Trinajstić information content (AvgIpc) is 3.51. The Bertz CT molecular complexity index is 1520. The molecule has 7 heteroatoms. The molecule has 2 aliphatic heterocycles. The lowest BCUT2D eigenvalue weighted by Gasteiger charge is -2.34. The van der Waals surface area contributed by atoms with Gasteiger partial charge < -0.3 is 19.9 Å². The van der Waals surface area contributed by atoms with Crippen molar-refractivity contribution < 1.29 is 4.74 Å². The molecule has 7 nitrogen and oxygen atoms in total. The van der Waals surface area contributed by atoms with Crippen molar-refractivity contribution in [1.82, 2.24) is 25.3 Å². The van der Waals surface area contributed by atoms with Gasteiger partial charge in [0.25, 0.3) is 0 Å². The average molecular weight is 509 g/mol. The van der Waals surface area contributed by atoms with Crippen molar-refractivity contribution in [3.8, 4) is 16.9 Å². The van der Waals surface area contributed by atoms with Crippen molar-refractivity contribution in [2.75, 3.05) is 24.6 Å². The molecule has 4 aromatic rings. The summed E-state index contributed by atoms with van der Waals surface area (Å²) >= 11 is 0. The largest absolute Gasteiger partial charge is 0.491 e. The van der Waals surface area contributed by atoms with Crippen molar-refractivity contribution >= 4 is 16.9 Å². The first-order valence-electron chi connectivity index (χ1n) is 14.0. The van der Waals surface area contributed by atoms with Crippen LogP contribution in [0.4, 0.5) is 5.82 Å². The fourth-order valence-corrected chi connectivity index (χ4v) is 6.34. The number of nitrogens with one attached hydrogen (secondary N) is 2. The van der Waals surface area contributed by atoms with E-state index in [4.69, 9.17) is 14.7 Å². The lowest BCUT2D eigenvalue weighted by molar-refractivity contribution is 0.310. The number of fused-ring (bicyclic) bond motifs is 3. The fourth-order valence-electron chi connectivity index (χ4n) is 6.34. The molecular weight excluding hydrogens is 472 g/mol. The summed E-state index contributed by atoms with van der Waals surface area (Å²) in [6.45, 7) is 10.0. The first kappa shape index (κ1) is 23.7. The van der Waals surface area contributed by atoms with Gasteiger partial charge in [-0.25, -0.2) is 15.0 Å². The van der Waals surface area contributed by atoms with E-state index < -0.39 is 0 Å². The van der Waals surface area contributed by atoms with Crippen LogP contribution in [0, 0.1) is 12.3 Å². The van der Waals surface area contributed by atoms with Crippen LogP contribution in [-0.2, 0) is 19.4 Å². The number of aromatic nitrogens is 4. The van der Waals surface area contributed by atoms with E-state index in [9.17, 15) is 0 Å². The Morgan fingerprint density at radius 1 is 1.05 bits per heavy atom. The summed E-state index contributed by atoms with van der Waals surface area (Å²) in [6.07, 6.45) is 5.51. The second kappa shape index (κ2) is 9.09. The molecule has 0 amide bonds. The number of nitrogens with zero attached hydrogens (tertiary/aromatic N) is 4. The van der Waals surface area contributed by atoms with E-state index in [2.05, 4.69) is 70.4 Å². The van der Waals surface area contributed by atoms with Crippen molar-refractivity contribution in [1.29, 1.82) is 0 Å². The van der Waals surface area contributed by atoms with E-state index >= 15 is 0 Å². The minimum Gasteiger partial charge on any atom is -0.491 e. The summed E-state index contributed by atoms with van der Waals surface area (Å²) in [5.74, 6) is 3.99. The monoisotopic (exact) mass is 508 g/mol. The number of ether oxygens (including phenoxy) is 1. The Labute approximate surface area is 224 Å². The van der Waals surface area contributed by atoms with Gasteiger partial charge in [0.1, 0.15) is 29.8 Å². The molecule has 1 aliphatic carbocycles. The molecule has 1 unspecified atom stereocenters. The zero-order valence-electron chi connectivity index (χ0n) is 22.6. The number of hydrogen-bond donors (Lipinski definition) is 2. The number of H-pyrrole nitrogens is 1. The number of aryl methyl sites for hydroxylation is 2. The molecule has 7 rings (SSSR count). The molecule has 3 aliphatic rings. The van der Waals surface area contributed by atoms with Crippen molar-refractivity contribution in [2.45, 2.75) is 65.5 Å². The van der Waals surface area contributed by atoms with Gasteiger partial charge in [0.2, 0.25) is 0 Å². The third kappa shape index (κ3) is 4.33. The number of hydrogen-bond acceptors (Lipinski definition) is 6. The highest BCUT2D eigenvalue weighted by Gasteiger charge is 2.33. The summed E-state index contributed by atoms with van der Waals surface area (Å²) in [5.41, 5.74) is 8.47. The Balaban J connectivity index is 1.27. The first-order valence-corrected chi connectivity index (χ1v) is 14.0. The van der Waals surface area contributed by atoms with E-state index in [0.717, 1.165) is 73.1 Å². The molecule has 0 saturated carbocycles. The van der Waals surface area contributed by atoms with Gasteiger partial charge in [-0.05, 0) is 86.4 Å². The van der Waals surface area contributed by atoms with E-state index in [0.29, 0.717) is 6.61 Å². The second-order valence-electron chi connectivity index (χ2n) is 12.0. The molecule has 1 fully saturated rings. The highest BCUT2D eigenvalue weighted by Crippen LogP contribution is 2.40. The zero-order chi connectivity index (χ0) is 25.9. The van der Waals surface area contributed by atoms with E-state index in [1.807, 2.05) is 6.92 Å². The van der Waals surface area contributed by atoms with Crippen LogP contribution in [-0.4, -0.2) is 39.6 Å². The van der Waals surface area contributed by atoms with Crippen LogP contribution in [0.5, 0.6) is 5.75 Å². The molecule has 1 atom stereocenters. The molecule has 2 aromatic carbocycles. The lowest BCUT2D eigenvalue weighted by atomic mass is 9.76. The number of benzene rings is 2. The maximum absolute atomic E-state index is 6.27. The quantitative estimate of drug-likeness (QED) is 0.371. The van der Waals surface area contributed by atoms with Crippen LogP contribution in [0.15, 0.2) is 36.4 Å². The van der Waals surface area contributed by atoms with E-state index in [1.54, 1.807) is 0 Å². The maximum atomic E-state index is 6.27. The molecule has 2 aromatic heterocycles. The normalized spacial score (nSPS) is 20.6. The first-order chi connectivity index (χ1) is 18.4. The van der Waals surface area contributed by atoms with Crippen LogP contribution in [0.1, 0.15) is 67.6 Å². The van der Waals surface area contributed by atoms with Crippen LogP contribution in [0.2, 0.25) is 0 Å². The minimum atomic E-state index is 0.259. The Morgan fingerprint density at radius 3 is 2.79 bits per heavy atom. The summed E-state index contributed by atoms with van der Waals surface area (Å²) < 4.78 is 6.27. The van der Waals surface area contributed by atoms with Gasteiger partial charge in [-0.3, -0.25) is 0 Å². The molecule has 0 radical (unpaired) electrons. The van der Waals surface area contributed by atoms with Gasteiger partial charge in [0.05, 0.1) is 23.6 Å². The van der Waals surface area contributed by atoms with Crippen molar-refractivity contribution in [3.05, 3.63) is 64.9 Å². The predicted molar refractivity (Wildman–Crippen MR) is 151 cm³/mol. The zero-order valence-corrected chi connectivity index (χ0v) is 22.6. The maximum Gasteiger partial charge on any atom is 0.147 e. The predicted octanol–water partition coefficient (Wildman–Crippen LogP) is 5.67. The van der Waals surface area contributed by atoms with Gasteiger partial charge in [-0.1, -0.05) is 26.0 Å². The highest BCUT2D eigenvalue weighted by atomic mass is 16.5. The van der Waals surface area contributed by atoms with Crippen molar-refractivity contribution in [3.63, 3.8) is 0 Å². The number of anilines is 1. The summed E-state index contributed by atoms with van der Waals surface area (Å²) in [4.78, 5) is 20.8. The molecule has 4 heterocycles. The van der Waals surface area contributed by atoms with Gasteiger partial charge in [-0.2, -0.15) is 0 Å². The lowest BCUT2D eigenvalue weighted by Crippen LogP contribution is -2.32. The summed E-state index contributed by atoms with van der Waals surface area (Å²) in [6, 6.07) is 13.3. The molecule has 38 heavy (non-hydrogen) atoms. The topological polar surface area (TPSA) is 79.0 Å². The SMILES string of the molecule is Cc1nc2ccc(-c3ccc4c(c3)CN(c3nc(C5CCCN5)nc5c3CC(C)(C)CC5)CCO4)cc2[nH]1. The Morgan fingerprint density at radius 2 is 1.92 bits per heavy atom. The van der Waals surface area contributed by atoms with Gasteiger partial charge in [-0.15, -0.1) is 0 Å². The van der Waals surface area contributed by atoms with Gasteiger partial charge in [0.15, 0.2) is 0 Å². The van der Waals surface area contributed by atoms with E-state index in [-0.39, 0.29) is 11.5 Å². The van der Waals surface area contributed by atoms with Crippen LogP contribution >= 0.6 is 0 Å². The summed E-state index contributed by atoms with van der Waals surface area (Å²) in [5, 5.41) is 3.62. The Kier molecular flexibility index (Phi) is 5.65. The molecule has 1 saturated heterocycles. The van der Waals surface area contributed by atoms with E-state index in [1.165, 1.54) is 40.8 Å². The molecule has 0 spiro atoms. The molecule has 0 bridgehead atoms. The number of rotatable bonds is 3. The van der Waals surface area contributed by atoms with Crippen molar-refractivity contribution in [2.24, 2.45) is 5.41 Å². The number of imidazole rings is 1. The second-order valence-corrected chi connectivity index (χ2v) is 12.0. The van der Waals surface area contributed by atoms with Crippen LogP contribution in [0.25, 0.3) is 22.2 Å². The Hall–Kier alpha value is -3.45. The fraction of sp³-hybridized carbons (Fsp3) is 0.452. The molecular formula is C31H36N6O. The smallest absolute Gasteiger partial charge is 0.147 e. The van der Waals surface area contributed by atoms with Gasteiger partial charge in [0, 0.05) is 23.4 Å². The molecule has 2 N–H and O–H groups in total. The third-order valence-electron chi connectivity index (χ3n) is 8.43. The number of aromatic amines is 1. The van der Waals surface area contributed by atoms with Crippen LogP contribution < -0.4 is 15.0 Å². The standard InChI is InChI=1S/C31H36N6O/c1-19-33-25-8-6-21(16-27(25)34-19)20-7-9-28-22(15-20)18-37(13-14-38-28)30-23-17-31(2,3)11-10-24(23)35-29(36-30)26-5-4-12-32-26/h6-9,15-16,26,32H,4-5,10-14,17-18H2,1-3H3,(H,33,34).